The minimum atomic E-state index is -1.08. The molecule has 0 aliphatic rings. The third-order valence-corrected chi connectivity index (χ3v) is 1.51. The van der Waals surface area contributed by atoms with Crippen molar-refractivity contribution in [3.8, 4) is 0 Å². The Kier molecular flexibility index (Phi) is 5.94. The summed E-state index contributed by atoms with van der Waals surface area (Å²) in [6.45, 7) is 0. The first-order valence-electron chi connectivity index (χ1n) is 4.70. The van der Waals surface area contributed by atoms with E-state index in [0.29, 0.717) is 0 Å². The van der Waals surface area contributed by atoms with Crippen LogP contribution in [0.3, 0.4) is 0 Å². The molecule has 0 rings (SSSR count). The molecule has 0 aromatic rings. The van der Waals surface area contributed by atoms with Gasteiger partial charge in [-0.05, 0) is 14.1 Å². The molecule has 0 radical (unpaired) electrons. The van der Waals surface area contributed by atoms with Gasteiger partial charge in [-0.25, -0.2) is 9.59 Å². The Morgan fingerprint density at radius 2 is 1.12 bits per heavy atom. The van der Waals surface area contributed by atoms with Crippen LogP contribution in [0.1, 0.15) is 0 Å². The van der Waals surface area contributed by atoms with Crippen LogP contribution in [0.15, 0.2) is 0 Å². The van der Waals surface area contributed by atoms with Crippen LogP contribution < -0.4 is 0 Å². The molecule has 0 aromatic carbocycles. The largest absolute Gasteiger partial charge is 0.366 e. The van der Waals surface area contributed by atoms with E-state index in [2.05, 4.69) is 0 Å². The minimum absolute atomic E-state index is 0.679. The third-order valence-electron chi connectivity index (χ3n) is 1.51. The van der Waals surface area contributed by atoms with Crippen molar-refractivity contribution in [2.75, 3.05) is 42.3 Å². The zero-order valence-electron chi connectivity index (χ0n) is 10.6. The fourth-order valence-electron chi connectivity index (χ4n) is 0.978. The fraction of sp³-hybridized carbons (Fsp3) is 0.778. The first-order valence-corrected chi connectivity index (χ1v) is 4.70. The predicted molar refractivity (Wildman–Crippen MR) is 57.0 cm³/mol. The Bertz CT molecular complexity index is 231. The van der Waals surface area contributed by atoms with Crippen LogP contribution >= 0.6 is 0 Å². The Labute approximate surface area is 95.4 Å². The average Bonchev–Trinajstić information content (AvgIpc) is 1.98. The van der Waals surface area contributed by atoms with E-state index in [-0.39, 0.29) is 0 Å². The summed E-state index contributed by atoms with van der Waals surface area (Å²) in [5.41, 5.74) is 0. The van der Waals surface area contributed by atoms with Crippen molar-refractivity contribution in [3.05, 3.63) is 0 Å². The molecule has 16 heavy (non-hydrogen) atoms. The van der Waals surface area contributed by atoms with Gasteiger partial charge in [0, 0.05) is 28.2 Å². The van der Waals surface area contributed by atoms with Gasteiger partial charge >= 0.3 is 11.9 Å². The first kappa shape index (κ1) is 14.8. The molecule has 0 unspecified atom stereocenters. The quantitative estimate of drug-likeness (QED) is 0.444. The van der Waals surface area contributed by atoms with Crippen LogP contribution in [-0.4, -0.2) is 75.3 Å². The molecule has 0 bridgehead atoms. The molecule has 0 saturated heterocycles. The summed E-state index contributed by atoms with van der Waals surface area (Å²) in [6, 6.07) is -1.08. The SMILES string of the molecule is CN(C)OC(=O)C(C(=O)ON(C)C)N(C)C. The normalized spacial score (nSPS) is 11.4. The molecule has 0 atom stereocenters. The molecule has 0 amide bonds. The molecule has 0 aliphatic heterocycles. The first-order chi connectivity index (χ1) is 7.25. The topological polar surface area (TPSA) is 62.3 Å². The van der Waals surface area contributed by atoms with Gasteiger partial charge < -0.3 is 9.68 Å². The van der Waals surface area contributed by atoms with Gasteiger partial charge in [-0.3, -0.25) is 4.90 Å². The molecular weight excluding hydrogens is 214 g/mol. The summed E-state index contributed by atoms with van der Waals surface area (Å²) < 4.78 is 0. The number of likely N-dealkylation sites (N-methyl/N-ethyl adjacent to an activating group) is 1. The van der Waals surface area contributed by atoms with Crippen molar-refractivity contribution in [1.29, 1.82) is 0 Å². The number of carbonyl (C=O) groups is 2. The zero-order valence-corrected chi connectivity index (χ0v) is 10.6. The standard InChI is InChI=1S/C9H19N3O4/c1-10(2)7(8(13)15-11(3)4)9(14)16-12(5)6/h7H,1-6H3. The molecule has 0 fully saturated rings. The summed E-state index contributed by atoms with van der Waals surface area (Å²) in [4.78, 5) is 34.2. The molecule has 0 spiro atoms. The summed E-state index contributed by atoms with van der Waals surface area (Å²) in [5, 5.41) is 2.45. The second-order valence-electron chi connectivity index (χ2n) is 3.81. The number of hydrogen-bond acceptors (Lipinski definition) is 7. The van der Waals surface area contributed by atoms with Crippen LogP contribution in [-0.2, 0) is 19.3 Å². The van der Waals surface area contributed by atoms with Gasteiger partial charge in [-0.2, -0.15) is 0 Å². The number of hydrogen-bond donors (Lipinski definition) is 0. The Morgan fingerprint density at radius 1 is 0.812 bits per heavy atom. The lowest BCUT2D eigenvalue weighted by Gasteiger charge is -2.23. The fourth-order valence-corrected chi connectivity index (χ4v) is 0.978. The van der Waals surface area contributed by atoms with E-state index in [1.165, 1.54) is 15.0 Å². The van der Waals surface area contributed by atoms with Crippen LogP contribution in [0.5, 0.6) is 0 Å². The summed E-state index contributed by atoms with van der Waals surface area (Å²) >= 11 is 0. The molecule has 0 heterocycles. The van der Waals surface area contributed by atoms with E-state index in [1.54, 1.807) is 42.3 Å². The second kappa shape index (κ2) is 6.41. The molecule has 0 aromatic heterocycles. The van der Waals surface area contributed by atoms with Crippen molar-refractivity contribution in [1.82, 2.24) is 15.0 Å². The molecule has 7 nitrogen and oxygen atoms in total. The highest BCUT2D eigenvalue weighted by Gasteiger charge is 2.33. The highest BCUT2D eigenvalue weighted by atomic mass is 16.7. The summed E-state index contributed by atoms with van der Waals surface area (Å²) in [5.74, 6) is -1.36. The van der Waals surface area contributed by atoms with Gasteiger partial charge in [0.15, 0.2) is 0 Å². The van der Waals surface area contributed by atoms with Gasteiger partial charge in [-0.15, -0.1) is 10.1 Å². The van der Waals surface area contributed by atoms with E-state index < -0.39 is 18.0 Å². The van der Waals surface area contributed by atoms with Crippen LogP contribution in [0, 0.1) is 0 Å². The van der Waals surface area contributed by atoms with Crippen LogP contribution in [0.2, 0.25) is 0 Å². The molecule has 94 valence electrons. The third kappa shape index (κ3) is 5.06. The lowest BCUT2D eigenvalue weighted by atomic mass is 10.3. The van der Waals surface area contributed by atoms with Crippen molar-refractivity contribution in [3.63, 3.8) is 0 Å². The lowest BCUT2D eigenvalue weighted by molar-refractivity contribution is -0.199. The van der Waals surface area contributed by atoms with E-state index in [9.17, 15) is 9.59 Å². The smallest absolute Gasteiger partial charge is 0.353 e. The zero-order chi connectivity index (χ0) is 12.9. The van der Waals surface area contributed by atoms with Crippen molar-refractivity contribution in [2.45, 2.75) is 6.04 Å². The van der Waals surface area contributed by atoms with Crippen LogP contribution in [0.4, 0.5) is 0 Å². The van der Waals surface area contributed by atoms with E-state index in [4.69, 9.17) is 9.68 Å². The maximum Gasteiger partial charge on any atom is 0.353 e. The number of rotatable bonds is 5. The van der Waals surface area contributed by atoms with Gasteiger partial charge in [0.05, 0.1) is 0 Å². The summed E-state index contributed by atoms with van der Waals surface area (Å²) in [7, 11) is 9.42. The molecule has 0 aliphatic carbocycles. The Morgan fingerprint density at radius 3 is 1.31 bits per heavy atom. The average molecular weight is 233 g/mol. The molecule has 0 N–H and O–H groups in total. The summed E-state index contributed by atoms with van der Waals surface area (Å²) in [6.07, 6.45) is 0. The van der Waals surface area contributed by atoms with Gasteiger partial charge in [0.1, 0.15) is 0 Å². The predicted octanol–water partition coefficient (Wildman–Crippen LogP) is -1.04. The molecule has 7 heteroatoms. The highest BCUT2D eigenvalue weighted by Crippen LogP contribution is 2.02. The van der Waals surface area contributed by atoms with Crippen LogP contribution in [0.25, 0.3) is 0 Å². The highest BCUT2D eigenvalue weighted by molar-refractivity contribution is 5.98. The number of nitrogens with zero attached hydrogens (tertiary/aromatic N) is 3. The Balaban J connectivity index is 4.60. The number of hydroxylamine groups is 4. The van der Waals surface area contributed by atoms with Crippen molar-refractivity contribution >= 4 is 11.9 Å². The van der Waals surface area contributed by atoms with E-state index in [1.807, 2.05) is 0 Å². The number of carbonyl (C=O) groups excluding carboxylic acids is 2. The molecule has 0 saturated carbocycles. The minimum Gasteiger partial charge on any atom is -0.366 e. The monoisotopic (exact) mass is 233 g/mol. The van der Waals surface area contributed by atoms with Gasteiger partial charge in [0.25, 0.3) is 0 Å². The maximum absolute atomic E-state index is 11.6. The molecular formula is C9H19N3O4. The maximum atomic E-state index is 11.6. The Hall–Kier alpha value is -1.18. The van der Waals surface area contributed by atoms with E-state index >= 15 is 0 Å². The lowest BCUT2D eigenvalue weighted by Crippen LogP contribution is -2.47. The van der Waals surface area contributed by atoms with Crippen molar-refractivity contribution in [2.24, 2.45) is 0 Å². The van der Waals surface area contributed by atoms with Crippen molar-refractivity contribution < 1.29 is 19.3 Å². The van der Waals surface area contributed by atoms with E-state index in [0.717, 1.165) is 0 Å². The second-order valence-corrected chi connectivity index (χ2v) is 3.81. The van der Waals surface area contributed by atoms with Gasteiger partial charge in [-0.1, -0.05) is 0 Å². The van der Waals surface area contributed by atoms with Gasteiger partial charge in [0.2, 0.25) is 6.04 Å².